The lowest BCUT2D eigenvalue weighted by Gasteiger charge is -2.49. The Balaban J connectivity index is 1.74. The van der Waals surface area contributed by atoms with Gasteiger partial charge in [0.15, 0.2) is 0 Å². The summed E-state index contributed by atoms with van der Waals surface area (Å²) in [5, 5.41) is 10.8. The molecular weight excluding hydrogens is 248 g/mol. The summed E-state index contributed by atoms with van der Waals surface area (Å²) in [6.07, 6.45) is 5.51. The Morgan fingerprint density at radius 3 is 2.80 bits per heavy atom. The first-order chi connectivity index (χ1) is 9.73. The SMILES string of the molecule is NCC(c1ccccc1)N1CCC2(O)CCCCC2C1. The number of aliphatic hydroxyl groups is 1. The van der Waals surface area contributed by atoms with Crippen LogP contribution in [0.15, 0.2) is 30.3 Å². The number of nitrogens with zero attached hydrogens (tertiary/aromatic N) is 1. The van der Waals surface area contributed by atoms with Gasteiger partial charge in [-0.2, -0.15) is 0 Å². The third-order valence-corrected chi connectivity index (χ3v) is 5.31. The summed E-state index contributed by atoms with van der Waals surface area (Å²) < 4.78 is 0. The first kappa shape index (κ1) is 14.1. The van der Waals surface area contributed by atoms with Gasteiger partial charge in [-0.05, 0) is 24.8 Å². The molecule has 1 aliphatic carbocycles. The second-order valence-electron chi connectivity index (χ2n) is 6.45. The van der Waals surface area contributed by atoms with Crippen LogP contribution in [0.5, 0.6) is 0 Å². The van der Waals surface area contributed by atoms with Gasteiger partial charge >= 0.3 is 0 Å². The van der Waals surface area contributed by atoms with Crippen molar-refractivity contribution < 1.29 is 5.11 Å². The van der Waals surface area contributed by atoms with E-state index in [1.165, 1.54) is 24.8 Å². The molecule has 0 aromatic heterocycles. The van der Waals surface area contributed by atoms with E-state index in [1.54, 1.807) is 0 Å². The van der Waals surface area contributed by atoms with E-state index < -0.39 is 5.60 Å². The molecule has 1 saturated heterocycles. The molecule has 3 atom stereocenters. The third kappa shape index (κ3) is 2.62. The minimum atomic E-state index is -0.398. The molecule has 0 bridgehead atoms. The molecule has 2 fully saturated rings. The van der Waals surface area contributed by atoms with E-state index in [2.05, 4.69) is 29.2 Å². The number of piperidine rings is 1. The Labute approximate surface area is 121 Å². The topological polar surface area (TPSA) is 49.5 Å². The first-order valence-electron chi connectivity index (χ1n) is 7.94. The minimum absolute atomic E-state index is 0.294. The smallest absolute Gasteiger partial charge is 0.0700 e. The monoisotopic (exact) mass is 274 g/mol. The van der Waals surface area contributed by atoms with E-state index in [0.29, 0.717) is 18.5 Å². The summed E-state index contributed by atoms with van der Waals surface area (Å²) in [6, 6.07) is 10.8. The molecule has 3 unspecified atom stereocenters. The lowest BCUT2D eigenvalue weighted by atomic mass is 9.71. The van der Waals surface area contributed by atoms with Crippen molar-refractivity contribution in [1.82, 2.24) is 4.90 Å². The third-order valence-electron chi connectivity index (χ3n) is 5.31. The van der Waals surface area contributed by atoms with Crippen molar-refractivity contribution in [3.63, 3.8) is 0 Å². The fraction of sp³-hybridized carbons (Fsp3) is 0.647. The van der Waals surface area contributed by atoms with Crippen LogP contribution in [0.2, 0.25) is 0 Å². The highest BCUT2D eigenvalue weighted by Crippen LogP contribution is 2.41. The zero-order valence-corrected chi connectivity index (χ0v) is 12.2. The summed E-state index contributed by atoms with van der Waals surface area (Å²) in [4.78, 5) is 2.49. The molecule has 3 nitrogen and oxygen atoms in total. The maximum atomic E-state index is 10.8. The van der Waals surface area contributed by atoms with Gasteiger partial charge < -0.3 is 10.8 Å². The zero-order valence-electron chi connectivity index (χ0n) is 12.2. The van der Waals surface area contributed by atoms with Gasteiger partial charge in [0, 0.05) is 31.6 Å². The van der Waals surface area contributed by atoms with Crippen LogP contribution in [0.3, 0.4) is 0 Å². The van der Waals surface area contributed by atoms with Crippen molar-refractivity contribution in [3.05, 3.63) is 35.9 Å². The summed E-state index contributed by atoms with van der Waals surface area (Å²) in [6.45, 7) is 2.60. The van der Waals surface area contributed by atoms with Crippen LogP contribution in [0.25, 0.3) is 0 Å². The predicted molar refractivity (Wildman–Crippen MR) is 81.3 cm³/mol. The van der Waals surface area contributed by atoms with Crippen LogP contribution >= 0.6 is 0 Å². The van der Waals surface area contributed by atoms with Crippen LogP contribution in [-0.2, 0) is 0 Å². The molecule has 1 aromatic carbocycles. The number of hydrogen-bond acceptors (Lipinski definition) is 3. The van der Waals surface area contributed by atoms with Crippen LogP contribution in [0.1, 0.15) is 43.7 Å². The fourth-order valence-corrected chi connectivity index (χ4v) is 4.05. The van der Waals surface area contributed by atoms with Gasteiger partial charge in [-0.3, -0.25) is 4.90 Å². The molecule has 3 heteroatoms. The van der Waals surface area contributed by atoms with Gasteiger partial charge in [0.1, 0.15) is 0 Å². The zero-order chi connectivity index (χ0) is 14.0. The van der Waals surface area contributed by atoms with Gasteiger partial charge in [-0.25, -0.2) is 0 Å². The molecule has 20 heavy (non-hydrogen) atoms. The quantitative estimate of drug-likeness (QED) is 0.889. The van der Waals surface area contributed by atoms with Gasteiger partial charge in [0.25, 0.3) is 0 Å². The Kier molecular flexibility index (Phi) is 4.11. The minimum Gasteiger partial charge on any atom is -0.390 e. The summed E-state index contributed by atoms with van der Waals surface area (Å²) in [5.74, 6) is 0.433. The fourth-order valence-electron chi connectivity index (χ4n) is 4.05. The Morgan fingerprint density at radius 1 is 1.25 bits per heavy atom. The molecule has 2 aliphatic rings. The average Bonchev–Trinajstić information content (AvgIpc) is 2.49. The molecule has 3 rings (SSSR count). The Hall–Kier alpha value is -0.900. The Morgan fingerprint density at radius 2 is 2.05 bits per heavy atom. The Bertz CT molecular complexity index is 436. The number of fused-ring (bicyclic) bond motifs is 1. The standard InChI is InChI=1S/C17H26N2O/c18-12-16(14-6-2-1-3-7-14)19-11-10-17(20)9-5-4-8-15(17)13-19/h1-3,6-7,15-16,20H,4-5,8-13,18H2. The number of hydrogen-bond donors (Lipinski definition) is 2. The summed E-state index contributed by atoms with van der Waals surface area (Å²) in [7, 11) is 0. The van der Waals surface area contributed by atoms with Crippen molar-refractivity contribution in [2.75, 3.05) is 19.6 Å². The summed E-state index contributed by atoms with van der Waals surface area (Å²) in [5.41, 5.74) is 6.94. The van der Waals surface area contributed by atoms with Gasteiger partial charge in [0.05, 0.1) is 5.60 Å². The van der Waals surface area contributed by atoms with Gasteiger partial charge in [0.2, 0.25) is 0 Å². The van der Waals surface area contributed by atoms with Crippen molar-refractivity contribution in [2.45, 2.75) is 43.7 Å². The van der Waals surface area contributed by atoms with E-state index in [-0.39, 0.29) is 0 Å². The highest BCUT2D eigenvalue weighted by atomic mass is 16.3. The largest absolute Gasteiger partial charge is 0.390 e. The molecular formula is C17H26N2O. The molecule has 110 valence electrons. The highest BCUT2D eigenvalue weighted by Gasteiger charge is 2.43. The second-order valence-corrected chi connectivity index (χ2v) is 6.45. The van der Waals surface area contributed by atoms with Crippen molar-refractivity contribution in [3.8, 4) is 0 Å². The van der Waals surface area contributed by atoms with Crippen LogP contribution < -0.4 is 5.73 Å². The molecule has 1 saturated carbocycles. The van der Waals surface area contributed by atoms with E-state index in [1.807, 2.05) is 6.07 Å². The maximum Gasteiger partial charge on any atom is 0.0700 e. The van der Waals surface area contributed by atoms with Crippen molar-refractivity contribution >= 4 is 0 Å². The molecule has 0 spiro atoms. The molecule has 1 heterocycles. The van der Waals surface area contributed by atoms with Gasteiger partial charge in [-0.15, -0.1) is 0 Å². The molecule has 1 aliphatic heterocycles. The lowest BCUT2D eigenvalue weighted by Crippen LogP contribution is -2.54. The first-order valence-corrected chi connectivity index (χ1v) is 7.94. The number of rotatable bonds is 3. The second kappa shape index (κ2) is 5.84. The van der Waals surface area contributed by atoms with Crippen molar-refractivity contribution in [1.29, 1.82) is 0 Å². The van der Waals surface area contributed by atoms with Crippen molar-refractivity contribution in [2.24, 2.45) is 11.7 Å². The number of benzene rings is 1. The number of likely N-dealkylation sites (tertiary alicyclic amines) is 1. The molecule has 1 aromatic rings. The van der Waals surface area contributed by atoms with Gasteiger partial charge in [-0.1, -0.05) is 43.2 Å². The van der Waals surface area contributed by atoms with E-state index in [9.17, 15) is 5.11 Å². The van der Waals surface area contributed by atoms with E-state index >= 15 is 0 Å². The van der Waals surface area contributed by atoms with E-state index in [0.717, 1.165) is 25.9 Å². The normalized spacial score (nSPS) is 32.6. The molecule has 0 radical (unpaired) electrons. The van der Waals surface area contributed by atoms with Crippen LogP contribution in [-0.4, -0.2) is 35.2 Å². The lowest BCUT2D eigenvalue weighted by molar-refractivity contribution is -0.102. The predicted octanol–water partition coefficient (Wildman–Crippen LogP) is 2.31. The van der Waals surface area contributed by atoms with E-state index in [4.69, 9.17) is 5.73 Å². The summed E-state index contributed by atoms with van der Waals surface area (Å²) >= 11 is 0. The highest BCUT2D eigenvalue weighted by molar-refractivity contribution is 5.20. The number of nitrogens with two attached hydrogens (primary N) is 1. The molecule has 3 N–H and O–H groups in total. The maximum absolute atomic E-state index is 10.8. The van der Waals surface area contributed by atoms with Crippen LogP contribution in [0, 0.1) is 5.92 Å². The average molecular weight is 274 g/mol. The molecule has 0 amide bonds. The van der Waals surface area contributed by atoms with Crippen LogP contribution in [0.4, 0.5) is 0 Å².